The van der Waals surface area contributed by atoms with E-state index in [9.17, 15) is 4.39 Å². The third-order valence-electron chi connectivity index (χ3n) is 2.70. The van der Waals surface area contributed by atoms with Crippen molar-refractivity contribution in [3.63, 3.8) is 0 Å². The zero-order chi connectivity index (χ0) is 15.1. The fourth-order valence-electron chi connectivity index (χ4n) is 1.66. The van der Waals surface area contributed by atoms with Crippen LogP contribution in [-0.2, 0) is 11.4 Å². The Balaban J connectivity index is 1.87. The highest BCUT2D eigenvalue weighted by Crippen LogP contribution is 2.18. The van der Waals surface area contributed by atoms with E-state index < -0.39 is 0 Å². The minimum atomic E-state index is -0.373. The van der Waals surface area contributed by atoms with E-state index in [1.54, 1.807) is 12.3 Å². The lowest BCUT2D eigenvalue weighted by Gasteiger charge is -2.03. The van der Waals surface area contributed by atoms with Crippen LogP contribution in [0.3, 0.4) is 0 Å². The lowest BCUT2D eigenvalue weighted by Crippen LogP contribution is -1.92. The van der Waals surface area contributed by atoms with Gasteiger partial charge in [-0.25, -0.2) is 4.39 Å². The Hall–Kier alpha value is -2.07. The van der Waals surface area contributed by atoms with Crippen molar-refractivity contribution in [3.8, 4) is 5.75 Å². The van der Waals surface area contributed by atoms with Gasteiger partial charge in [0, 0.05) is 5.56 Å². The third-order valence-corrected chi connectivity index (χ3v) is 3.05. The Morgan fingerprint density at radius 3 is 2.62 bits per heavy atom. The van der Waals surface area contributed by atoms with Crippen molar-refractivity contribution in [2.75, 3.05) is 6.61 Å². The molecule has 0 saturated heterocycles. The van der Waals surface area contributed by atoms with Gasteiger partial charge in [-0.15, -0.1) is 0 Å². The molecule has 2 aromatic carbocycles. The first-order chi connectivity index (χ1) is 10.2. The molecule has 0 heterocycles. The van der Waals surface area contributed by atoms with Crippen molar-refractivity contribution in [1.82, 2.24) is 0 Å². The molecule has 2 aromatic rings. The molecule has 0 saturated carbocycles. The molecule has 0 N–H and O–H groups in total. The molecule has 0 radical (unpaired) electrons. The lowest BCUT2D eigenvalue weighted by molar-refractivity contribution is 0.132. The summed E-state index contributed by atoms with van der Waals surface area (Å²) in [5, 5.41) is 4.18. The summed E-state index contributed by atoms with van der Waals surface area (Å²) in [6.07, 6.45) is 1.59. The molecule has 0 fully saturated rings. The van der Waals surface area contributed by atoms with Crippen LogP contribution in [0, 0.1) is 5.82 Å². The summed E-state index contributed by atoms with van der Waals surface area (Å²) in [7, 11) is 0. The van der Waals surface area contributed by atoms with E-state index in [2.05, 4.69) is 5.16 Å². The van der Waals surface area contributed by atoms with Crippen LogP contribution >= 0.6 is 11.6 Å². The number of oxime groups is 1. The summed E-state index contributed by atoms with van der Waals surface area (Å²) in [4.78, 5) is 5.15. The lowest BCUT2D eigenvalue weighted by atomic mass is 10.2. The number of rotatable bonds is 6. The van der Waals surface area contributed by atoms with Crippen molar-refractivity contribution >= 4 is 17.8 Å². The summed E-state index contributed by atoms with van der Waals surface area (Å²) >= 11 is 5.89. The monoisotopic (exact) mass is 307 g/mol. The van der Waals surface area contributed by atoms with Crippen molar-refractivity contribution in [2.45, 2.75) is 13.5 Å². The zero-order valence-corrected chi connectivity index (χ0v) is 12.3. The molecule has 2 rings (SSSR count). The number of nitrogens with zero attached hydrogens (tertiary/aromatic N) is 1. The van der Waals surface area contributed by atoms with Gasteiger partial charge in [0.2, 0.25) is 0 Å². The molecule has 21 heavy (non-hydrogen) atoms. The van der Waals surface area contributed by atoms with Crippen LogP contribution in [0.2, 0.25) is 5.02 Å². The van der Waals surface area contributed by atoms with E-state index in [1.165, 1.54) is 12.1 Å². The van der Waals surface area contributed by atoms with E-state index in [0.29, 0.717) is 17.2 Å². The predicted octanol–water partition coefficient (Wildman–Crippen LogP) is 4.43. The van der Waals surface area contributed by atoms with Crippen LogP contribution in [0.15, 0.2) is 47.6 Å². The number of halogens is 2. The smallest absolute Gasteiger partial charge is 0.143 e. The van der Waals surface area contributed by atoms with E-state index >= 15 is 0 Å². The normalized spacial score (nSPS) is 10.8. The second-order valence-electron chi connectivity index (χ2n) is 4.25. The quantitative estimate of drug-likeness (QED) is 0.584. The van der Waals surface area contributed by atoms with Crippen LogP contribution in [-0.4, -0.2) is 12.8 Å². The topological polar surface area (TPSA) is 30.8 Å². The largest absolute Gasteiger partial charge is 0.494 e. The molecule has 5 heteroatoms. The van der Waals surface area contributed by atoms with Gasteiger partial charge in [-0.3, -0.25) is 0 Å². The van der Waals surface area contributed by atoms with Gasteiger partial charge in [0.1, 0.15) is 18.2 Å². The van der Waals surface area contributed by atoms with Crippen molar-refractivity contribution in [3.05, 3.63) is 64.4 Å². The number of hydrogen-bond donors (Lipinski definition) is 0. The van der Waals surface area contributed by atoms with Crippen molar-refractivity contribution < 1.29 is 14.0 Å². The average Bonchev–Trinajstić information content (AvgIpc) is 2.47. The number of benzene rings is 2. The maximum Gasteiger partial charge on any atom is 0.143 e. The van der Waals surface area contributed by atoms with E-state index in [0.717, 1.165) is 11.3 Å². The molecule has 0 atom stereocenters. The first kappa shape index (κ1) is 15.3. The minimum absolute atomic E-state index is 0.187. The first-order valence-electron chi connectivity index (χ1n) is 6.51. The highest BCUT2D eigenvalue weighted by atomic mass is 35.5. The van der Waals surface area contributed by atoms with Gasteiger partial charge in [0.25, 0.3) is 0 Å². The minimum Gasteiger partial charge on any atom is -0.494 e. The van der Waals surface area contributed by atoms with Crippen molar-refractivity contribution in [1.29, 1.82) is 0 Å². The van der Waals surface area contributed by atoms with Crippen LogP contribution in [0.5, 0.6) is 5.75 Å². The highest BCUT2D eigenvalue weighted by molar-refractivity contribution is 6.31. The molecular formula is C16H15ClFNO2. The van der Waals surface area contributed by atoms with Gasteiger partial charge in [-0.05, 0) is 48.9 Å². The SMILES string of the molecule is CCOc1ccc(/C=N\OCc2ccc(F)cc2Cl)cc1. The van der Waals surface area contributed by atoms with Gasteiger partial charge >= 0.3 is 0 Å². The van der Waals surface area contributed by atoms with Gasteiger partial charge < -0.3 is 9.57 Å². The Morgan fingerprint density at radius 1 is 1.19 bits per heavy atom. The summed E-state index contributed by atoms with van der Waals surface area (Å²) in [6.45, 7) is 2.76. The van der Waals surface area contributed by atoms with Crippen LogP contribution in [0.25, 0.3) is 0 Å². The van der Waals surface area contributed by atoms with Crippen LogP contribution in [0.1, 0.15) is 18.1 Å². The molecule has 0 aromatic heterocycles. The summed E-state index contributed by atoms with van der Waals surface area (Å²) < 4.78 is 18.2. The second-order valence-corrected chi connectivity index (χ2v) is 4.65. The fraction of sp³-hybridized carbons (Fsp3) is 0.188. The highest BCUT2D eigenvalue weighted by Gasteiger charge is 2.01. The maximum absolute atomic E-state index is 12.9. The van der Waals surface area contributed by atoms with Gasteiger partial charge in [-0.1, -0.05) is 22.8 Å². The Bertz CT molecular complexity index is 614. The first-order valence-corrected chi connectivity index (χ1v) is 6.89. The number of hydrogen-bond acceptors (Lipinski definition) is 3. The van der Waals surface area contributed by atoms with Crippen molar-refractivity contribution in [2.24, 2.45) is 5.16 Å². The molecule has 3 nitrogen and oxygen atoms in total. The molecule has 0 unspecified atom stereocenters. The summed E-state index contributed by atoms with van der Waals surface area (Å²) in [6, 6.07) is 11.6. The Morgan fingerprint density at radius 2 is 1.95 bits per heavy atom. The zero-order valence-electron chi connectivity index (χ0n) is 11.6. The van der Waals surface area contributed by atoms with Crippen LogP contribution in [0.4, 0.5) is 4.39 Å². The summed E-state index contributed by atoms with van der Waals surface area (Å²) in [5.74, 6) is 0.440. The third kappa shape index (κ3) is 4.76. The molecular weight excluding hydrogens is 293 g/mol. The molecule has 0 amide bonds. The second kappa shape index (κ2) is 7.64. The standard InChI is InChI=1S/C16H15ClFNO2/c1-2-20-15-7-3-12(4-8-15)10-19-21-11-13-5-6-14(18)9-16(13)17/h3-10H,2,11H2,1H3/b19-10-. The summed E-state index contributed by atoms with van der Waals surface area (Å²) in [5.41, 5.74) is 1.57. The Labute approximate surface area is 127 Å². The average molecular weight is 308 g/mol. The molecule has 0 aliphatic rings. The molecule has 0 bridgehead atoms. The van der Waals surface area contributed by atoms with Gasteiger partial charge in [0.05, 0.1) is 17.8 Å². The maximum atomic E-state index is 12.9. The molecule has 0 aliphatic carbocycles. The van der Waals surface area contributed by atoms with E-state index in [1.807, 2.05) is 31.2 Å². The number of ether oxygens (including phenoxy) is 1. The fourth-order valence-corrected chi connectivity index (χ4v) is 1.88. The van der Waals surface area contributed by atoms with Crippen LogP contribution < -0.4 is 4.74 Å². The molecule has 0 aliphatic heterocycles. The van der Waals surface area contributed by atoms with Gasteiger partial charge in [-0.2, -0.15) is 0 Å². The van der Waals surface area contributed by atoms with E-state index in [-0.39, 0.29) is 12.4 Å². The molecule has 110 valence electrons. The Kier molecular flexibility index (Phi) is 5.58. The van der Waals surface area contributed by atoms with Gasteiger partial charge in [0.15, 0.2) is 0 Å². The molecule has 0 spiro atoms. The predicted molar refractivity (Wildman–Crippen MR) is 81.4 cm³/mol. The van der Waals surface area contributed by atoms with E-state index in [4.69, 9.17) is 21.2 Å².